The molecule has 1 amide bonds. The van der Waals surface area contributed by atoms with E-state index in [1.165, 1.54) is 12.5 Å². The molecule has 0 radical (unpaired) electrons. The van der Waals surface area contributed by atoms with Crippen LogP contribution < -0.4 is 10.6 Å². The molecule has 3 rings (SSSR count). The molecule has 0 unspecified atom stereocenters. The first-order valence-corrected chi connectivity index (χ1v) is 5.48. The van der Waals surface area contributed by atoms with E-state index in [0.717, 1.165) is 23.4 Å². The molecule has 0 fully saturated rings. The smallest absolute Gasteiger partial charge is 0.261 e. The van der Waals surface area contributed by atoms with E-state index in [1.54, 1.807) is 11.0 Å². The molecule has 2 N–H and O–H groups in total. The molecule has 0 saturated heterocycles. The zero-order valence-electron chi connectivity index (χ0n) is 9.22. The van der Waals surface area contributed by atoms with Crippen LogP contribution in [0.2, 0.25) is 0 Å². The Hall–Kier alpha value is -2.23. The fraction of sp³-hybridized carbons (Fsp3) is 0.154. The molecular weight excluding hydrogens is 216 g/mol. The van der Waals surface area contributed by atoms with Crippen LogP contribution in [0.1, 0.15) is 15.9 Å². The number of rotatable bonds is 1. The average Bonchev–Trinajstić information content (AvgIpc) is 2.96. The van der Waals surface area contributed by atoms with Crippen LogP contribution in [0.4, 0.5) is 11.4 Å². The monoisotopic (exact) mass is 228 g/mol. The Morgan fingerprint density at radius 1 is 1.35 bits per heavy atom. The summed E-state index contributed by atoms with van der Waals surface area (Å²) in [5, 5.41) is 0. The van der Waals surface area contributed by atoms with Crippen LogP contribution >= 0.6 is 0 Å². The lowest BCUT2D eigenvalue weighted by Crippen LogP contribution is -2.28. The molecule has 2 heterocycles. The summed E-state index contributed by atoms with van der Waals surface area (Å²) in [5.41, 5.74) is 9.12. The van der Waals surface area contributed by atoms with E-state index in [2.05, 4.69) is 0 Å². The summed E-state index contributed by atoms with van der Waals surface area (Å²) in [6, 6.07) is 7.32. The van der Waals surface area contributed by atoms with Crippen molar-refractivity contribution in [3.63, 3.8) is 0 Å². The summed E-state index contributed by atoms with van der Waals surface area (Å²) in [6.07, 6.45) is 3.83. The Morgan fingerprint density at radius 3 is 3.00 bits per heavy atom. The maximum Gasteiger partial charge on any atom is 0.261 e. The first kappa shape index (κ1) is 9.96. The van der Waals surface area contributed by atoms with Gasteiger partial charge in [0.1, 0.15) is 6.26 Å². The van der Waals surface area contributed by atoms with E-state index >= 15 is 0 Å². The van der Waals surface area contributed by atoms with Crippen molar-refractivity contribution in [3.8, 4) is 0 Å². The van der Waals surface area contributed by atoms with Gasteiger partial charge in [0.2, 0.25) is 0 Å². The fourth-order valence-corrected chi connectivity index (χ4v) is 2.17. The summed E-state index contributed by atoms with van der Waals surface area (Å²) in [4.78, 5) is 14.0. The predicted molar refractivity (Wildman–Crippen MR) is 64.9 cm³/mol. The molecule has 0 atom stereocenters. The highest BCUT2D eigenvalue weighted by Crippen LogP contribution is 2.30. The number of hydrogen-bond donors (Lipinski definition) is 1. The number of nitrogens with two attached hydrogens (primary N) is 1. The van der Waals surface area contributed by atoms with Gasteiger partial charge in [-0.05, 0) is 36.2 Å². The van der Waals surface area contributed by atoms with E-state index in [9.17, 15) is 4.79 Å². The number of anilines is 2. The normalized spacial score (nSPS) is 13.8. The van der Waals surface area contributed by atoms with Crippen molar-refractivity contribution < 1.29 is 9.21 Å². The number of nitrogen functional groups attached to an aromatic ring is 1. The molecule has 17 heavy (non-hydrogen) atoms. The first-order valence-electron chi connectivity index (χ1n) is 5.48. The molecule has 0 aliphatic carbocycles. The third-order valence-electron chi connectivity index (χ3n) is 3.01. The lowest BCUT2D eigenvalue weighted by atomic mass is 10.1. The Morgan fingerprint density at radius 2 is 2.24 bits per heavy atom. The molecule has 0 bridgehead atoms. The second kappa shape index (κ2) is 3.66. The molecule has 1 aromatic heterocycles. The van der Waals surface area contributed by atoms with Crippen LogP contribution in [-0.4, -0.2) is 12.5 Å². The second-order valence-electron chi connectivity index (χ2n) is 4.11. The number of furan rings is 1. The predicted octanol–water partition coefficient (Wildman–Crippen LogP) is 2.06. The van der Waals surface area contributed by atoms with Gasteiger partial charge in [0.25, 0.3) is 5.91 Å². The quantitative estimate of drug-likeness (QED) is 0.760. The molecule has 2 aromatic rings. The maximum atomic E-state index is 12.2. The molecular formula is C13H12N2O2. The number of amides is 1. The van der Waals surface area contributed by atoms with Crippen LogP contribution in [-0.2, 0) is 6.42 Å². The van der Waals surface area contributed by atoms with Gasteiger partial charge >= 0.3 is 0 Å². The minimum atomic E-state index is -0.0257. The third kappa shape index (κ3) is 1.58. The Labute approximate surface area is 98.6 Å². The van der Waals surface area contributed by atoms with E-state index in [1.807, 2.05) is 18.2 Å². The number of carbonyl (C=O) groups excluding carboxylic acids is 1. The van der Waals surface area contributed by atoms with Gasteiger partial charge in [-0.1, -0.05) is 0 Å². The van der Waals surface area contributed by atoms with Gasteiger partial charge < -0.3 is 15.1 Å². The van der Waals surface area contributed by atoms with Gasteiger partial charge in [0.05, 0.1) is 11.8 Å². The van der Waals surface area contributed by atoms with Crippen LogP contribution in [0.5, 0.6) is 0 Å². The van der Waals surface area contributed by atoms with Crippen LogP contribution in [0, 0.1) is 0 Å². The van der Waals surface area contributed by atoms with E-state index in [0.29, 0.717) is 12.1 Å². The van der Waals surface area contributed by atoms with Crippen molar-refractivity contribution in [2.24, 2.45) is 0 Å². The minimum Gasteiger partial charge on any atom is -0.472 e. The number of fused-ring (bicyclic) bond motifs is 1. The van der Waals surface area contributed by atoms with Crippen molar-refractivity contribution in [2.75, 3.05) is 17.2 Å². The van der Waals surface area contributed by atoms with Crippen molar-refractivity contribution in [1.29, 1.82) is 0 Å². The van der Waals surface area contributed by atoms with Gasteiger partial charge in [0, 0.05) is 17.9 Å². The molecule has 0 saturated carbocycles. The molecule has 1 aromatic carbocycles. The number of nitrogens with zero attached hydrogens (tertiary/aromatic N) is 1. The van der Waals surface area contributed by atoms with Gasteiger partial charge in [-0.15, -0.1) is 0 Å². The number of carbonyl (C=O) groups is 1. The number of hydrogen-bond acceptors (Lipinski definition) is 3. The number of benzene rings is 1. The van der Waals surface area contributed by atoms with Crippen molar-refractivity contribution >= 4 is 17.3 Å². The van der Waals surface area contributed by atoms with Crippen LogP contribution in [0.15, 0.2) is 41.2 Å². The highest BCUT2D eigenvalue weighted by atomic mass is 16.3. The van der Waals surface area contributed by atoms with E-state index < -0.39 is 0 Å². The second-order valence-corrected chi connectivity index (χ2v) is 4.11. The minimum absolute atomic E-state index is 0.0257. The van der Waals surface area contributed by atoms with Crippen LogP contribution in [0.25, 0.3) is 0 Å². The first-order chi connectivity index (χ1) is 8.25. The van der Waals surface area contributed by atoms with Crippen LogP contribution in [0.3, 0.4) is 0 Å². The average molecular weight is 228 g/mol. The van der Waals surface area contributed by atoms with Crippen molar-refractivity contribution in [1.82, 2.24) is 0 Å². The summed E-state index contributed by atoms with van der Waals surface area (Å²) < 4.78 is 4.93. The van der Waals surface area contributed by atoms with E-state index in [-0.39, 0.29) is 5.91 Å². The summed E-state index contributed by atoms with van der Waals surface area (Å²) in [6.45, 7) is 0.697. The lowest BCUT2D eigenvalue weighted by Gasteiger charge is -2.16. The summed E-state index contributed by atoms with van der Waals surface area (Å²) in [5.74, 6) is -0.0257. The largest absolute Gasteiger partial charge is 0.472 e. The van der Waals surface area contributed by atoms with Crippen molar-refractivity contribution in [3.05, 3.63) is 47.9 Å². The summed E-state index contributed by atoms with van der Waals surface area (Å²) >= 11 is 0. The molecule has 86 valence electrons. The van der Waals surface area contributed by atoms with Crippen molar-refractivity contribution in [2.45, 2.75) is 6.42 Å². The molecule has 1 aliphatic heterocycles. The molecule has 4 nitrogen and oxygen atoms in total. The highest BCUT2D eigenvalue weighted by Gasteiger charge is 2.25. The third-order valence-corrected chi connectivity index (χ3v) is 3.01. The highest BCUT2D eigenvalue weighted by molar-refractivity contribution is 6.07. The Balaban J connectivity index is 1.96. The Kier molecular flexibility index (Phi) is 2.14. The maximum absolute atomic E-state index is 12.2. The zero-order valence-corrected chi connectivity index (χ0v) is 9.22. The topological polar surface area (TPSA) is 59.5 Å². The van der Waals surface area contributed by atoms with Gasteiger partial charge in [0.15, 0.2) is 0 Å². The molecule has 1 aliphatic rings. The lowest BCUT2D eigenvalue weighted by molar-refractivity contribution is 0.0989. The van der Waals surface area contributed by atoms with Gasteiger partial charge in [-0.2, -0.15) is 0 Å². The Bertz CT molecular complexity index is 561. The molecule has 0 spiro atoms. The fourth-order valence-electron chi connectivity index (χ4n) is 2.17. The van der Waals surface area contributed by atoms with Gasteiger partial charge in [-0.25, -0.2) is 0 Å². The van der Waals surface area contributed by atoms with E-state index in [4.69, 9.17) is 10.2 Å². The zero-order chi connectivity index (χ0) is 11.8. The standard InChI is InChI=1S/C13H12N2O2/c14-11-1-2-12-9(7-11)3-5-15(12)13(16)10-4-6-17-8-10/h1-2,4,6-8H,3,5,14H2. The van der Waals surface area contributed by atoms with Gasteiger partial charge in [-0.3, -0.25) is 4.79 Å². The SMILES string of the molecule is Nc1ccc2c(c1)CCN2C(=O)c1ccoc1. The molecule has 4 heteroatoms. The summed E-state index contributed by atoms with van der Waals surface area (Å²) in [7, 11) is 0.